The molecule has 84 valence electrons. The summed E-state index contributed by atoms with van der Waals surface area (Å²) in [7, 11) is 0. The molecule has 0 atom stereocenters. The Morgan fingerprint density at radius 1 is 1.25 bits per heavy atom. The molecule has 2 aromatic heterocycles. The fourth-order valence-corrected chi connectivity index (χ4v) is 2.60. The van der Waals surface area contributed by atoms with Crippen molar-refractivity contribution in [1.82, 2.24) is 9.97 Å². The van der Waals surface area contributed by atoms with Crippen LogP contribution in [0.1, 0.15) is 23.7 Å². The summed E-state index contributed by atoms with van der Waals surface area (Å²) in [5, 5.41) is 4.72. The van der Waals surface area contributed by atoms with Crippen molar-refractivity contribution in [3.8, 4) is 11.4 Å². The summed E-state index contributed by atoms with van der Waals surface area (Å²) in [5.41, 5.74) is 4.30. The zero-order valence-corrected chi connectivity index (χ0v) is 11.1. The summed E-state index contributed by atoms with van der Waals surface area (Å²) in [5.74, 6) is 0.742. The smallest absolute Gasteiger partial charge is 0.162 e. The monoisotopic (exact) mass is 252 g/mol. The highest BCUT2D eigenvalue weighted by Gasteiger charge is 2.11. The minimum atomic E-state index is 0.562. The second-order valence-electron chi connectivity index (χ2n) is 3.73. The van der Waals surface area contributed by atoms with Gasteiger partial charge < -0.3 is 0 Å². The Labute approximate surface area is 104 Å². The van der Waals surface area contributed by atoms with Crippen molar-refractivity contribution < 1.29 is 0 Å². The minimum absolute atomic E-state index is 0.562. The van der Waals surface area contributed by atoms with E-state index in [1.165, 1.54) is 5.56 Å². The first kappa shape index (κ1) is 11.6. The van der Waals surface area contributed by atoms with Crippen LogP contribution in [0.25, 0.3) is 11.4 Å². The van der Waals surface area contributed by atoms with Crippen LogP contribution >= 0.6 is 22.9 Å². The summed E-state index contributed by atoms with van der Waals surface area (Å²) < 4.78 is 0. The van der Waals surface area contributed by atoms with E-state index >= 15 is 0 Å². The van der Waals surface area contributed by atoms with Crippen molar-refractivity contribution in [2.75, 3.05) is 0 Å². The third-order valence-electron chi connectivity index (χ3n) is 2.62. The van der Waals surface area contributed by atoms with E-state index in [0.29, 0.717) is 5.15 Å². The molecule has 4 heteroatoms. The summed E-state index contributed by atoms with van der Waals surface area (Å²) in [6, 6.07) is 0. The van der Waals surface area contributed by atoms with Crippen LogP contribution in [0, 0.1) is 13.8 Å². The van der Waals surface area contributed by atoms with Gasteiger partial charge >= 0.3 is 0 Å². The molecule has 0 unspecified atom stereocenters. The van der Waals surface area contributed by atoms with Crippen LogP contribution in [0.5, 0.6) is 0 Å². The predicted octanol–water partition coefficient (Wildman–Crippen LogP) is 4.04. The van der Waals surface area contributed by atoms with Crippen molar-refractivity contribution in [2.45, 2.75) is 27.2 Å². The van der Waals surface area contributed by atoms with Crippen LogP contribution in [0.3, 0.4) is 0 Å². The average Bonchev–Trinajstić information content (AvgIpc) is 2.68. The lowest BCUT2D eigenvalue weighted by atomic mass is 10.1. The highest BCUT2D eigenvalue weighted by Crippen LogP contribution is 2.26. The first-order valence-electron chi connectivity index (χ1n) is 5.19. The van der Waals surface area contributed by atoms with Gasteiger partial charge in [0.15, 0.2) is 5.82 Å². The van der Waals surface area contributed by atoms with Gasteiger partial charge in [0.25, 0.3) is 0 Å². The van der Waals surface area contributed by atoms with Crippen LogP contribution in [0.4, 0.5) is 0 Å². The van der Waals surface area contributed by atoms with E-state index in [1.54, 1.807) is 11.3 Å². The highest BCUT2D eigenvalue weighted by molar-refractivity contribution is 7.08. The van der Waals surface area contributed by atoms with Gasteiger partial charge in [-0.05, 0) is 31.2 Å². The number of hydrogen-bond acceptors (Lipinski definition) is 3. The van der Waals surface area contributed by atoms with E-state index in [1.807, 2.05) is 6.92 Å². The van der Waals surface area contributed by atoms with E-state index in [-0.39, 0.29) is 0 Å². The Kier molecular flexibility index (Phi) is 3.26. The quantitative estimate of drug-likeness (QED) is 0.754. The standard InChI is InChI=1S/C12H13ClN2S/c1-4-10-8(3)11(13)15-12(14-10)9-6-16-5-7(9)2/h5-6H,4H2,1-3H3. The Morgan fingerprint density at radius 3 is 2.56 bits per heavy atom. The van der Waals surface area contributed by atoms with E-state index in [9.17, 15) is 0 Å². The van der Waals surface area contributed by atoms with Gasteiger partial charge in [0.1, 0.15) is 5.15 Å². The predicted molar refractivity (Wildman–Crippen MR) is 69.2 cm³/mol. The molecule has 0 fully saturated rings. The molecule has 0 spiro atoms. The fourth-order valence-electron chi connectivity index (χ4n) is 1.59. The second-order valence-corrected chi connectivity index (χ2v) is 4.83. The Bertz CT molecular complexity index is 520. The molecule has 0 N–H and O–H groups in total. The molecule has 0 aromatic carbocycles. The third-order valence-corrected chi connectivity index (χ3v) is 3.85. The molecular formula is C12H13ClN2S. The molecule has 0 amide bonds. The van der Waals surface area contributed by atoms with E-state index < -0.39 is 0 Å². The Morgan fingerprint density at radius 2 is 2.00 bits per heavy atom. The SMILES string of the molecule is CCc1nc(-c2cscc2C)nc(Cl)c1C. The van der Waals surface area contributed by atoms with Crippen LogP contribution in [0.15, 0.2) is 10.8 Å². The van der Waals surface area contributed by atoms with Gasteiger partial charge in [-0.15, -0.1) is 0 Å². The van der Waals surface area contributed by atoms with Gasteiger partial charge in [0.05, 0.1) is 0 Å². The molecule has 0 aliphatic heterocycles. The van der Waals surface area contributed by atoms with E-state index in [2.05, 4.69) is 34.6 Å². The van der Waals surface area contributed by atoms with Gasteiger partial charge in [-0.3, -0.25) is 0 Å². The lowest BCUT2D eigenvalue weighted by Crippen LogP contribution is -1.99. The van der Waals surface area contributed by atoms with Crippen LogP contribution in [-0.2, 0) is 6.42 Å². The van der Waals surface area contributed by atoms with Crippen LogP contribution in [-0.4, -0.2) is 9.97 Å². The summed E-state index contributed by atoms with van der Waals surface area (Å²) in [4.78, 5) is 8.91. The lowest BCUT2D eigenvalue weighted by molar-refractivity contribution is 0.976. The normalized spacial score (nSPS) is 10.8. The molecule has 2 rings (SSSR count). The van der Waals surface area contributed by atoms with Gasteiger partial charge in [-0.25, -0.2) is 9.97 Å². The lowest BCUT2D eigenvalue weighted by Gasteiger charge is -2.07. The third kappa shape index (κ3) is 1.97. The molecule has 0 aliphatic rings. The van der Waals surface area contributed by atoms with Crippen molar-refractivity contribution in [1.29, 1.82) is 0 Å². The number of hydrogen-bond donors (Lipinski definition) is 0. The topological polar surface area (TPSA) is 25.8 Å². The van der Waals surface area contributed by atoms with Gasteiger partial charge in [0.2, 0.25) is 0 Å². The summed E-state index contributed by atoms with van der Waals surface area (Å²) in [6.45, 7) is 6.11. The number of nitrogens with zero attached hydrogens (tertiary/aromatic N) is 2. The van der Waals surface area contributed by atoms with Crippen molar-refractivity contribution in [2.24, 2.45) is 0 Å². The second kappa shape index (κ2) is 4.52. The summed E-state index contributed by atoms with van der Waals surface area (Å²) >= 11 is 7.78. The first-order chi connectivity index (χ1) is 7.63. The maximum absolute atomic E-state index is 6.12. The number of thiophene rings is 1. The number of aryl methyl sites for hydroxylation is 2. The molecule has 0 radical (unpaired) electrons. The number of rotatable bonds is 2. The largest absolute Gasteiger partial charge is 0.233 e. The maximum Gasteiger partial charge on any atom is 0.162 e. The fraction of sp³-hybridized carbons (Fsp3) is 0.333. The highest BCUT2D eigenvalue weighted by atomic mass is 35.5. The Balaban J connectivity index is 2.59. The van der Waals surface area contributed by atoms with E-state index in [4.69, 9.17) is 11.6 Å². The molecule has 16 heavy (non-hydrogen) atoms. The molecule has 0 saturated carbocycles. The summed E-state index contributed by atoms with van der Waals surface area (Å²) in [6.07, 6.45) is 0.879. The molecule has 0 aliphatic carbocycles. The van der Waals surface area contributed by atoms with Crippen molar-refractivity contribution in [3.63, 3.8) is 0 Å². The number of halogens is 1. The molecule has 2 heterocycles. The molecule has 0 saturated heterocycles. The molecular weight excluding hydrogens is 240 g/mol. The molecule has 2 nitrogen and oxygen atoms in total. The zero-order chi connectivity index (χ0) is 11.7. The van der Waals surface area contributed by atoms with Gasteiger partial charge in [0, 0.05) is 22.2 Å². The van der Waals surface area contributed by atoms with E-state index in [0.717, 1.165) is 29.1 Å². The maximum atomic E-state index is 6.12. The van der Waals surface area contributed by atoms with Gasteiger partial charge in [-0.1, -0.05) is 18.5 Å². The molecule has 2 aromatic rings. The Hall–Kier alpha value is -0.930. The average molecular weight is 253 g/mol. The van der Waals surface area contributed by atoms with Crippen LogP contribution in [0.2, 0.25) is 5.15 Å². The minimum Gasteiger partial charge on any atom is -0.233 e. The number of aromatic nitrogens is 2. The molecule has 0 bridgehead atoms. The first-order valence-corrected chi connectivity index (χ1v) is 6.51. The van der Waals surface area contributed by atoms with Gasteiger partial charge in [-0.2, -0.15) is 11.3 Å². The van der Waals surface area contributed by atoms with Crippen LogP contribution < -0.4 is 0 Å². The zero-order valence-electron chi connectivity index (χ0n) is 9.54. The van der Waals surface area contributed by atoms with Crippen molar-refractivity contribution in [3.05, 3.63) is 32.7 Å². The van der Waals surface area contributed by atoms with Crippen molar-refractivity contribution >= 4 is 22.9 Å².